The zero-order chi connectivity index (χ0) is 7.84. The Morgan fingerprint density at radius 2 is 2.36 bits per heavy atom. The highest BCUT2D eigenvalue weighted by Crippen LogP contribution is 2.12. The number of fused-ring (bicyclic) bond motifs is 1. The van der Waals surface area contributed by atoms with E-state index in [1.165, 1.54) is 0 Å². The van der Waals surface area contributed by atoms with Crippen molar-refractivity contribution in [3.05, 3.63) is 11.6 Å². The van der Waals surface area contributed by atoms with Gasteiger partial charge in [-0.1, -0.05) is 0 Å². The molecule has 1 atom stereocenters. The van der Waals surface area contributed by atoms with Crippen LogP contribution in [0.25, 0.3) is 0 Å². The van der Waals surface area contributed by atoms with Crippen LogP contribution in [0, 0.1) is 6.92 Å². The van der Waals surface area contributed by atoms with Crippen LogP contribution in [0.3, 0.4) is 0 Å². The van der Waals surface area contributed by atoms with Crippen molar-refractivity contribution in [2.75, 3.05) is 0 Å². The Morgan fingerprint density at radius 3 is 3.18 bits per heavy atom. The molecule has 0 unspecified atom stereocenters. The van der Waals surface area contributed by atoms with E-state index in [1.54, 1.807) is 0 Å². The van der Waals surface area contributed by atoms with E-state index in [0.717, 1.165) is 31.0 Å². The molecular formula is C7H12N4. The lowest BCUT2D eigenvalue weighted by atomic mass is 10.1. The van der Waals surface area contributed by atoms with Crippen LogP contribution in [0.2, 0.25) is 0 Å². The second-order valence-electron chi connectivity index (χ2n) is 3.07. The maximum absolute atomic E-state index is 5.80. The van der Waals surface area contributed by atoms with Crippen LogP contribution in [-0.2, 0) is 13.0 Å². The van der Waals surface area contributed by atoms with Crippen LogP contribution in [0.1, 0.15) is 18.1 Å². The minimum atomic E-state index is 0.289. The van der Waals surface area contributed by atoms with Gasteiger partial charge in [-0.25, -0.2) is 0 Å². The van der Waals surface area contributed by atoms with E-state index in [1.807, 2.05) is 6.92 Å². The summed E-state index contributed by atoms with van der Waals surface area (Å²) in [7, 11) is 0. The largest absolute Gasteiger partial charge is 0.326 e. The molecule has 1 aromatic heterocycles. The Balaban J connectivity index is 2.37. The normalized spacial score (nSPS) is 23.3. The molecular weight excluding hydrogens is 140 g/mol. The number of rotatable bonds is 0. The van der Waals surface area contributed by atoms with Crippen LogP contribution in [0.4, 0.5) is 0 Å². The molecule has 0 bridgehead atoms. The summed E-state index contributed by atoms with van der Waals surface area (Å²) >= 11 is 0. The lowest BCUT2D eigenvalue weighted by molar-refractivity contribution is 0.448. The first-order valence-electron chi connectivity index (χ1n) is 3.91. The van der Waals surface area contributed by atoms with Gasteiger partial charge in [0, 0.05) is 19.0 Å². The molecule has 1 aromatic rings. The van der Waals surface area contributed by atoms with Crippen LogP contribution < -0.4 is 5.73 Å². The molecule has 2 rings (SSSR count). The quantitative estimate of drug-likeness (QED) is 0.563. The second-order valence-corrected chi connectivity index (χ2v) is 3.07. The maximum atomic E-state index is 5.80. The number of aromatic nitrogens is 3. The number of nitrogens with zero attached hydrogens (tertiary/aromatic N) is 3. The zero-order valence-corrected chi connectivity index (χ0v) is 6.62. The molecule has 0 fully saturated rings. The molecule has 0 radical (unpaired) electrons. The second kappa shape index (κ2) is 2.30. The molecule has 4 heteroatoms. The summed E-state index contributed by atoms with van der Waals surface area (Å²) < 4.78 is 2.11. The Labute approximate surface area is 65.4 Å². The lowest BCUT2D eigenvalue weighted by Gasteiger charge is -2.19. The summed E-state index contributed by atoms with van der Waals surface area (Å²) in [6, 6.07) is 0.289. The summed E-state index contributed by atoms with van der Waals surface area (Å²) in [5.41, 5.74) is 5.80. The van der Waals surface area contributed by atoms with Crippen LogP contribution in [0.15, 0.2) is 0 Å². The van der Waals surface area contributed by atoms with Crippen LogP contribution in [0.5, 0.6) is 0 Å². The van der Waals surface area contributed by atoms with E-state index in [-0.39, 0.29) is 6.04 Å². The number of hydrogen-bond acceptors (Lipinski definition) is 3. The average Bonchev–Trinajstić information content (AvgIpc) is 2.33. The maximum Gasteiger partial charge on any atom is 0.133 e. The number of nitrogens with two attached hydrogens (primary N) is 1. The molecule has 1 aliphatic rings. The van der Waals surface area contributed by atoms with Crippen molar-refractivity contribution in [2.45, 2.75) is 32.4 Å². The van der Waals surface area contributed by atoms with Gasteiger partial charge in [0.05, 0.1) is 0 Å². The monoisotopic (exact) mass is 152 g/mol. The predicted octanol–water partition coefficient (Wildman–Crippen LogP) is -0.140. The van der Waals surface area contributed by atoms with Gasteiger partial charge in [0.1, 0.15) is 11.6 Å². The van der Waals surface area contributed by atoms with Crippen molar-refractivity contribution in [3.63, 3.8) is 0 Å². The Kier molecular flexibility index (Phi) is 1.42. The average molecular weight is 152 g/mol. The molecule has 60 valence electrons. The first-order valence-corrected chi connectivity index (χ1v) is 3.91. The van der Waals surface area contributed by atoms with E-state index in [0.29, 0.717) is 0 Å². The standard InChI is InChI=1S/C7H12N4/c1-5-9-10-7-3-2-6(8)4-11(5)7/h6H,2-4,8H2,1H3/t6-/m1/s1. The summed E-state index contributed by atoms with van der Waals surface area (Å²) in [5.74, 6) is 2.07. The highest BCUT2D eigenvalue weighted by molar-refractivity contribution is 4.98. The first kappa shape index (κ1) is 6.79. The Bertz CT molecular complexity index is 265. The van der Waals surface area contributed by atoms with Crippen LogP contribution in [-0.4, -0.2) is 20.8 Å². The van der Waals surface area contributed by atoms with Crippen molar-refractivity contribution in [1.82, 2.24) is 14.8 Å². The van der Waals surface area contributed by atoms with Gasteiger partial charge in [-0.3, -0.25) is 0 Å². The summed E-state index contributed by atoms with van der Waals surface area (Å²) in [6.07, 6.45) is 2.01. The molecule has 1 aliphatic heterocycles. The minimum Gasteiger partial charge on any atom is -0.326 e. The zero-order valence-electron chi connectivity index (χ0n) is 6.62. The van der Waals surface area contributed by atoms with Crippen molar-refractivity contribution in [1.29, 1.82) is 0 Å². The van der Waals surface area contributed by atoms with Gasteiger partial charge in [-0.05, 0) is 13.3 Å². The summed E-state index contributed by atoms with van der Waals surface area (Å²) in [4.78, 5) is 0. The van der Waals surface area contributed by atoms with E-state index in [9.17, 15) is 0 Å². The third-order valence-corrected chi connectivity index (χ3v) is 2.17. The van der Waals surface area contributed by atoms with Gasteiger partial charge in [0.25, 0.3) is 0 Å². The van der Waals surface area contributed by atoms with E-state index in [4.69, 9.17) is 5.73 Å². The molecule has 0 aromatic carbocycles. The molecule has 0 spiro atoms. The third kappa shape index (κ3) is 1.03. The topological polar surface area (TPSA) is 56.7 Å². The van der Waals surface area contributed by atoms with Gasteiger partial charge in [0.15, 0.2) is 0 Å². The summed E-state index contributed by atoms with van der Waals surface area (Å²) in [5, 5.41) is 8.04. The van der Waals surface area contributed by atoms with Crippen molar-refractivity contribution in [3.8, 4) is 0 Å². The van der Waals surface area contributed by atoms with Crippen molar-refractivity contribution >= 4 is 0 Å². The predicted molar refractivity (Wildman–Crippen MR) is 41.1 cm³/mol. The Morgan fingerprint density at radius 1 is 1.55 bits per heavy atom. The third-order valence-electron chi connectivity index (χ3n) is 2.17. The molecule has 0 saturated carbocycles. The number of aryl methyl sites for hydroxylation is 2. The minimum absolute atomic E-state index is 0.289. The SMILES string of the molecule is Cc1nnc2n1C[C@H](N)CC2. The van der Waals surface area contributed by atoms with Crippen LogP contribution >= 0.6 is 0 Å². The van der Waals surface area contributed by atoms with Gasteiger partial charge >= 0.3 is 0 Å². The molecule has 11 heavy (non-hydrogen) atoms. The fourth-order valence-electron chi connectivity index (χ4n) is 1.49. The van der Waals surface area contributed by atoms with Gasteiger partial charge in [0.2, 0.25) is 0 Å². The fraction of sp³-hybridized carbons (Fsp3) is 0.714. The first-order chi connectivity index (χ1) is 5.27. The van der Waals surface area contributed by atoms with Gasteiger partial charge in [-0.15, -0.1) is 10.2 Å². The lowest BCUT2D eigenvalue weighted by Crippen LogP contribution is -2.32. The van der Waals surface area contributed by atoms with Crippen molar-refractivity contribution in [2.24, 2.45) is 5.73 Å². The molecule has 4 nitrogen and oxygen atoms in total. The molecule has 0 amide bonds. The van der Waals surface area contributed by atoms with Crippen molar-refractivity contribution < 1.29 is 0 Å². The number of hydrogen-bond donors (Lipinski definition) is 1. The molecule has 2 N–H and O–H groups in total. The van der Waals surface area contributed by atoms with E-state index in [2.05, 4.69) is 14.8 Å². The van der Waals surface area contributed by atoms with E-state index < -0.39 is 0 Å². The van der Waals surface area contributed by atoms with Gasteiger partial charge < -0.3 is 10.3 Å². The highest BCUT2D eigenvalue weighted by atomic mass is 15.3. The smallest absolute Gasteiger partial charge is 0.133 e. The molecule has 0 saturated heterocycles. The molecule has 2 heterocycles. The fourth-order valence-corrected chi connectivity index (χ4v) is 1.49. The van der Waals surface area contributed by atoms with E-state index >= 15 is 0 Å². The highest BCUT2D eigenvalue weighted by Gasteiger charge is 2.17. The summed E-state index contributed by atoms with van der Waals surface area (Å²) in [6.45, 7) is 2.85. The Hall–Kier alpha value is -0.900. The van der Waals surface area contributed by atoms with Gasteiger partial charge in [-0.2, -0.15) is 0 Å². The molecule has 0 aliphatic carbocycles.